The van der Waals surface area contributed by atoms with Gasteiger partial charge in [-0.15, -0.1) is 4.59 Å². The maximum atomic E-state index is 13.3. The molecule has 1 aliphatic rings. The SMILES string of the molecule is COc1cccc2c1N=C(C(C)=NOCCCN(C)C)[N+]2(C)NC(=O)c1c(Cl)cncc1Cl. The van der Waals surface area contributed by atoms with Crippen LogP contribution >= 0.6 is 23.2 Å². The van der Waals surface area contributed by atoms with Crippen LogP contribution in [0, 0.1) is 0 Å². The molecule has 0 saturated carbocycles. The van der Waals surface area contributed by atoms with E-state index in [0.717, 1.165) is 13.0 Å². The molecule has 176 valence electrons. The van der Waals surface area contributed by atoms with Crippen LogP contribution in [0.15, 0.2) is 40.7 Å². The molecule has 0 radical (unpaired) electrons. The van der Waals surface area contributed by atoms with E-state index < -0.39 is 5.91 Å². The molecule has 3 rings (SSSR count). The average molecular weight is 494 g/mol. The first kappa shape index (κ1) is 24.9. The van der Waals surface area contributed by atoms with Gasteiger partial charge in [0.25, 0.3) is 11.7 Å². The Hall–Kier alpha value is -2.72. The number of benzene rings is 1. The third-order valence-electron chi connectivity index (χ3n) is 5.09. The van der Waals surface area contributed by atoms with Crippen LogP contribution < -0.4 is 14.8 Å². The number of nitrogens with one attached hydrogen (secondary N) is 1. The summed E-state index contributed by atoms with van der Waals surface area (Å²) in [6.07, 6.45) is 3.56. The molecule has 0 aliphatic carbocycles. The Morgan fingerprint density at radius 1 is 1.24 bits per heavy atom. The van der Waals surface area contributed by atoms with Gasteiger partial charge < -0.3 is 14.5 Å². The number of para-hydroxylation sites is 1. The highest BCUT2D eigenvalue weighted by atomic mass is 35.5. The molecule has 11 heteroatoms. The van der Waals surface area contributed by atoms with Crippen molar-refractivity contribution in [3.05, 3.63) is 46.2 Å². The first-order valence-corrected chi connectivity index (χ1v) is 11.0. The normalized spacial score (nSPS) is 17.6. The van der Waals surface area contributed by atoms with E-state index in [4.69, 9.17) is 37.8 Å². The number of amides is 1. The number of aromatic nitrogens is 1. The highest BCUT2D eigenvalue weighted by molar-refractivity contribution is 6.45. The first-order valence-electron chi connectivity index (χ1n) is 10.3. The van der Waals surface area contributed by atoms with E-state index in [2.05, 4.69) is 20.5 Å². The molecule has 1 aromatic carbocycles. The lowest BCUT2D eigenvalue weighted by atomic mass is 10.2. The number of carbonyl (C=O) groups is 1. The van der Waals surface area contributed by atoms with Gasteiger partial charge in [0.2, 0.25) is 0 Å². The van der Waals surface area contributed by atoms with Gasteiger partial charge in [0.05, 0.1) is 22.7 Å². The van der Waals surface area contributed by atoms with Gasteiger partial charge in [-0.25, -0.2) is 0 Å². The number of quaternary nitrogens is 1. The van der Waals surface area contributed by atoms with Gasteiger partial charge >= 0.3 is 0 Å². The van der Waals surface area contributed by atoms with E-state index >= 15 is 0 Å². The number of amidine groups is 1. The molecule has 2 aromatic rings. The van der Waals surface area contributed by atoms with Gasteiger partial charge in [-0.3, -0.25) is 9.78 Å². The summed E-state index contributed by atoms with van der Waals surface area (Å²) in [4.78, 5) is 29.5. The number of hydrogen-bond donors (Lipinski definition) is 1. The van der Waals surface area contributed by atoms with Crippen molar-refractivity contribution >= 4 is 52.0 Å². The zero-order valence-electron chi connectivity index (χ0n) is 19.2. The summed E-state index contributed by atoms with van der Waals surface area (Å²) >= 11 is 12.4. The lowest BCUT2D eigenvalue weighted by Crippen LogP contribution is -2.63. The predicted molar refractivity (Wildman–Crippen MR) is 132 cm³/mol. The van der Waals surface area contributed by atoms with Crippen molar-refractivity contribution in [3.8, 4) is 5.75 Å². The number of methoxy groups -OCH3 is 1. The highest BCUT2D eigenvalue weighted by Gasteiger charge is 2.46. The maximum Gasteiger partial charge on any atom is 0.299 e. The van der Waals surface area contributed by atoms with Crippen LogP contribution in [-0.2, 0) is 4.84 Å². The van der Waals surface area contributed by atoms with Crippen molar-refractivity contribution in [2.24, 2.45) is 10.1 Å². The highest BCUT2D eigenvalue weighted by Crippen LogP contribution is 2.45. The van der Waals surface area contributed by atoms with Crippen LogP contribution in [-0.4, -0.2) is 68.7 Å². The third-order valence-corrected chi connectivity index (χ3v) is 5.67. The van der Waals surface area contributed by atoms with Crippen LogP contribution in [0.25, 0.3) is 0 Å². The Morgan fingerprint density at radius 2 is 1.94 bits per heavy atom. The summed E-state index contributed by atoms with van der Waals surface area (Å²) in [6, 6.07) is 5.49. The molecule has 0 saturated heterocycles. The van der Waals surface area contributed by atoms with E-state index in [-0.39, 0.29) is 20.2 Å². The fourth-order valence-electron chi connectivity index (χ4n) is 3.50. The number of nitrogens with zero attached hydrogens (tertiary/aromatic N) is 5. The van der Waals surface area contributed by atoms with Crippen molar-refractivity contribution in [1.29, 1.82) is 0 Å². The molecule has 33 heavy (non-hydrogen) atoms. The second-order valence-corrected chi connectivity index (χ2v) is 8.67. The van der Waals surface area contributed by atoms with Crippen LogP contribution in [0.2, 0.25) is 10.0 Å². The molecular formula is C22H27Cl2N6O3+. The second kappa shape index (κ2) is 10.5. The Bertz CT molecular complexity index is 1090. The van der Waals surface area contributed by atoms with Crippen molar-refractivity contribution in [1.82, 2.24) is 19.9 Å². The number of halogens is 2. The summed E-state index contributed by atoms with van der Waals surface area (Å²) in [5.41, 5.74) is 4.90. The zero-order chi connectivity index (χ0) is 24.2. The number of rotatable bonds is 9. The number of ether oxygens (including phenoxy) is 1. The maximum absolute atomic E-state index is 13.3. The second-order valence-electron chi connectivity index (χ2n) is 7.86. The molecule has 1 amide bonds. The monoisotopic (exact) mass is 493 g/mol. The number of carbonyl (C=O) groups excluding carboxylic acids is 1. The molecule has 0 bridgehead atoms. The molecule has 9 nitrogen and oxygen atoms in total. The van der Waals surface area contributed by atoms with Crippen molar-refractivity contribution in [2.45, 2.75) is 13.3 Å². The fourth-order valence-corrected chi connectivity index (χ4v) is 4.04. The summed E-state index contributed by atoms with van der Waals surface area (Å²) < 4.78 is 5.30. The van der Waals surface area contributed by atoms with Crippen LogP contribution in [0.4, 0.5) is 11.4 Å². The molecule has 1 unspecified atom stereocenters. The van der Waals surface area contributed by atoms with Crippen LogP contribution in [0.1, 0.15) is 23.7 Å². The Morgan fingerprint density at radius 3 is 2.58 bits per heavy atom. The summed E-state index contributed by atoms with van der Waals surface area (Å²) in [5, 5.41) is 4.54. The predicted octanol–water partition coefficient (Wildman–Crippen LogP) is 4.07. The Kier molecular flexibility index (Phi) is 7.91. The molecule has 1 N–H and O–H groups in total. The lowest BCUT2D eigenvalue weighted by Gasteiger charge is -2.29. The minimum absolute atomic E-state index is 0.123. The zero-order valence-corrected chi connectivity index (χ0v) is 20.7. The van der Waals surface area contributed by atoms with Gasteiger partial charge in [0.15, 0.2) is 22.8 Å². The molecule has 0 fully saturated rings. The molecule has 2 heterocycles. The minimum Gasteiger partial charge on any atom is -0.494 e. The van der Waals surface area contributed by atoms with E-state index in [1.165, 1.54) is 12.4 Å². The first-order chi connectivity index (χ1) is 15.7. The molecule has 1 atom stereocenters. The topological polar surface area (TPSA) is 88.4 Å². The largest absolute Gasteiger partial charge is 0.494 e. The van der Waals surface area contributed by atoms with E-state index in [9.17, 15) is 4.79 Å². The molecule has 0 spiro atoms. The van der Waals surface area contributed by atoms with E-state index in [0.29, 0.717) is 35.3 Å². The van der Waals surface area contributed by atoms with Gasteiger partial charge in [0, 0.05) is 25.0 Å². The number of aliphatic imine (C=N–C) groups is 1. The summed E-state index contributed by atoms with van der Waals surface area (Å²) in [5.74, 6) is 0.551. The smallest absolute Gasteiger partial charge is 0.299 e. The fraction of sp³-hybridized carbons (Fsp3) is 0.364. The lowest BCUT2D eigenvalue weighted by molar-refractivity contribution is 0.0892. The third kappa shape index (κ3) is 5.27. The van der Waals surface area contributed by atoms with Crippen molar-refractivity contribution < 1.29 is 14.4 Å². The number of hydrogen-bond acceptors (Lipinski definition) is 7. The minimum atomic E-state index is -0.488. The number of oxime groups is 1. The van der Waals surface area contributed by atoms with Crippen LogP contribution in [0.3, 0.4) is 0 Å². The quantitative estimate of drug-likeness (QED) is 0.246. The van der Waals surface area contributed by atoms with Gasteiger partial charge in [-0.05, 0) is 33.5 Å². The van der Waals surface area contributed by atoms with Crippen molar-refractivity contribution in [2.75, 3.05) is 41.4 Å². The summed E-state index contributed by atoms with van der Waals surface area (Å²) in [6.45, 7) is 3.12. The Balaban J connectivity index is 1.96. The number of fused-ring (bicyclic) bond motifs is 1. The average Bonchev–Trinajstić information content (AvgIpc) is 3.05. The Labute approximate surface area is 203 Å². The van der Waals surface area contributed by atoms with E-state index in [1.54, 1.807) is 27.1 Å². The van der Waals surface area contributed by atoms with Gasteiger partial charge in [-0.2, -0.15) is 10.4 Å². The number of pyridine rings is 1. The van der Waals surface area contributed by atoms with Gasteiger partial charge in [-0.1, -0.05) is 34.4 Å². The molecule has 1 aliphatic heterocycles. The molecule has 1 aromatic heterocycles. The molecular weight excluding hydrogens is 467 g/mol. The van der Waals surface area contributed by atoms with Crippen molar-refractivity contribution in [3.63, 3.8) is 0 Å². The van der Waals surface area contributed by atoms with Gasteiger partial charge in [0.1, 0.15) is 13.7 Å². The standard InChI is InChI=1S/C22H26Cl2N6O3/c1-14(28-33-11-7-10-29(2)3)21-26-20-17(8-6-9-18(20)32-5)30(21,4)27-22(31)19-15(23)12-25-13-16(19)24/h6,8-9,12-13H,7,10-11H2,1-5H3/p+1. The summed E-state index contributed by atoms with van der Waals surface area (Å²) in [7, 11) is 7.35. The van der Waals surface area contributed by atoms with Crippen LogP contribution in [0.5, 0.6) is 5.75 Å². The van der Waals surface area contributed by atoms with E-state index in [1.807, 2.05) is 26.2 Å².